The monoisotopic (exact) mass is 368 g/mol. The molecular formula is C21H21ClN2O2. The van der Waals surface area contributed by atoms with Gasteiger partial charge in [0.25, 0.3) is 0 Å². The summed E-state index contributed by atoms with van der Waals surface area (Å²) in [6.45, 7) is 0.0567. The highest BCUT2D eigenvalue weighted by atomic mass is 35.5. The van der Waals surface area contributed by atoms with E-state index in [1.54, 1.807) is 11.0 Å². The molecule has 0 aromatic heterocycles. The molecule has 2 amide bonds. The summed E-state index contributed by atoms with van der Waals surface area (Å²) in [7, 11) is 0. The first kappa shape index (κ1) is 17.1. The van der Waals surface area contributed by atoms with Crippen molar-refractivity contribution in [1.82, 2.24) is 4.90 Å². The van der Waals surface area contributed by atoms with Gasteiger partial charge in [-0.3, -0.25) is 9.59 Å². The predicted molar refractivity (Wildman–Crippen MR) is 102 cm³/mol. The lowest BCUT2D eigenvalue weighted by Gasteiger charge is -2.32. The average molecular weight is 369 g/mol. The smallest absolute Gasteiger partial charge is 0.244 e. The maximum absolute atomic E-state index is 13.3. The molecule has 5 heteroatoms. The van der Waals surface area contributed by atoms with Gasteiger partial charge in [-0.1, -0.05) is 54.8 Å². The maximum atomic E-state index is 13.3. The highest BCUT2D eigenvalue weighted by Gasteiger charge is 2.37. The molecule has 1 N–H and O–H groups in total. The van der Waals surface area contributed by atoms with Gasteiger partial charge < -0.3 is 10.2 Å². The van der Waals surface area contributed by atoms with Gasteiger partial charge in [-0.05, 0) is 36.6 Å². The number of anilines is 1. The Labute approximate surface area is 158 Å². The van der Waals surface area contributed by atoms with Gasteiger partial charge in [-0.15, -0.1) is 0 Å². The van der Waals surface area contributed by atoms with Crippen LogP contribution < -0.4 is 5.32 Å². The molecule has 1 aliphatic carbocycles. The quantitative estimate of drug-likeness (QED) is 0.854. The molecule has 2 aromatic carbocycles. The van der Waals surface area contributed by atoms with Crippen molar-refractivity contribution in [3.05, 3.63) is 64.7 Å². The Hall–Kier alpha value is -2.33. The lowest BCUT2D eigenvalue weighted by Crippen LogP contribution is -2.41. The normalized spacial score (nSPS) is 20.4. The van der Waals surface area contributed by atoms with Crippen LogP contribution in [0.15, 0.2) is 48.5 Å². The van der Waals surface area contributed by atoms with Crippen LogP contribution in [0.25, 0.3) is 0 Å². The second-order valence-electron chi connectivity index (χ2n) is 7.04. The van der Waals surface area contributed by atoms with Gasteiger partial charge in [0.15, 0.2) is 0 Å². The molecule has 1 heterocycles. The largest absolute Gasteiger partial charge is 0.324 e. The van der Waals surface area contributed by atoms with E-state index in [-0.39, 0.29) is 30.3 Å². The molecule has 4 nitrogen and oxygen atoms in total. The number of benzene rings is 2. The number of halogens is 1. The standard InChI is InChI=1S/C21H21ClN2O2/c22-16-10-11-18-17(12-16)20(14-6-2-1-3-7-14)24(13-19(25)23-18)21(26)15-8-4-5-9-15/h1-3,6-7,10-12,15,20H,4-5,8-9,13H2,(H,23,25)/t20-/m1/s1. The van der Waals surface area contributed by atoms with E-state index in [4.69, 9.17) is 11.6 Å². The number of carbonyl (C=O) groups is 2. The van der Waals surface area contributed by atoms with Gasteiger partial charge >= 0.3 is 0 Å². The van der Waals surface area contributed by atoms with E-state index in [0.717, 1.165) is 42.5 Å². The molecule has 1 fully saturated rings. The van der Waals surface area contributed by atoms with Gasteiger partial charge in [0.05, 0.1) is 6.04 Å². The van der Waals surface area contributed by atoms with Crippen LogP contribution in [0.1, 0.15) is 42.9 Å². The molecule has 1 saturated carbocycles. The molecule has 1 aliphatic heterocycles. The second-order valence-corrected chi connectivity index (χ2v) is 7.48. The van der Waals surface area contributed by atoms with Crippen molar-refractivity contribution in [2.75, 3.05) is 11.9 Å². The second kappa shape index (κ2) is 7.12. The number of nitrogens with one attached hydrogen (secondary N) is 1. The maximum Gasteiger partial charge on any atom is 0.244 e. The topological polar surface area (TPSA) is 49.4 Å². The summed E-state index contributed by atoms with van der Waals surface area (Å²) in [4.78, 5) is 27.5. The van der Waals surface area contributed by atoms with E-state index in [1.807, 2.05) is 42.5 Å². The fourth-order valence-corrected chi connectivity index (χ4v) is 4.27. The van der Waals surface area contributed by atoms with Gasteiger partial charge in [0.1, 0.15) is 6.54 Å². The molecule has 0 unspecified atom stereocenters. The van der Waals surface area contributed by atoms with Crippen molar-refractivity contribution in [1.29, 1.82) is 0 Å². The zero-order valence-corrected chi connectivity index (χ0v) is 15.2. The Morgan fingerprint density at radius 1 is 1.08 bits per heavy atom. The minimum absolute atomic E-state index is 0.00902. The van der Waals surface area contributed by atoms with Gasteiger partial charge in [-0.25, -0.2) is 0 Å². The summed E-state index contributed by atoms with van der Waals surface area (Å²) in [5.74, 6) is -0.0903. The number of rotatable bonds is 2. The number of carbonyl (C=O) groups excluding carboxylic acids is 2. The van der Waals surface area contributed by atoms with Crippen LogP contribution in [-0.4, -0.2) is 23.3 Å². The predicted octanol–water partition coefficient (Wildman–Crippen LogP) is 4.40. The van der Waals surface area contributed by atoms with E-state index in [1.165, 1.54) is 0 Å². The van der Waals surface area contributed by atoms with Gasteiger partial charge in [0, 0.05) is 22.2 Å². The summed E-state index contributed by atoms with van der Waals surface area (Å²) in [5.41, 5.74) is 2.56. The third-order valence-corrected chi connectivity index (χ3v) is 5.55. The Bertz CT molecular complexity index is 831. The lowest BCUT2D eigenvalue weighted by atomic mass is 9.94. The van der Waals surface area contributed by atoms with Crippen LogP contribution in [0, 0.1) is 5.92 Å². The molecule has 1 atom stereocenters. The number of hydrogen-bond acceptors (Lipinski definition) is 2. The van der Waals surface area contributed by atoms with Crippen molar-refractivity contribution in [3.63, 3.8) is 0 Å². The average Bonchev–Trinajstić information content (AvgIpc) is 3.13. The summed E-state index contributed by atoms with van der Waals surface area (Å²) in [6.07, 6.45) is 3.96. The van der Waals surface area contributed by atoms with Crippen LogP contribution in [0.4, 0.5) is 5.69 Å². The first-order valence-electron chi connectivity index (χ1n) is 9.08. The van der Waals surface area contributed by atoms with E-state index in [9.17, 15) is 9.59 Å². The first-order chi connectivity index (χ1) is 12.6. The molecule has 0 saturated heterocycles. The van der Waals surface area contributed by atoms with E-state index >= 15 is 0 Å². The van der Waals surface area contributed by atoms with Gasteiger partial charge in [0.2, 0.25) is 11.8 Å². The van der Waals surface area contributed by atoms with Crippen LogP contribution in [0.2, 0.25) is 5.02 Å². The SMILES string of the molecule is O=C1CN(C(=O)C2CCCC2)[C@H](c2ccccc2)c2cc(Cl)ccc2N1. The molecule has 0 bridgehead atoms. The summed E-state index contributed by atoms with van der Waals surface area (Å²) in [5, 5.41) is 3.53. The van der Waals surface area contributed by atoms with E-state index in [0.29, 0.717) is 5.02 Å². The number of nitrogens with zero attached hydrogens (tertiary/aromatic N) is 1. The Morgan fingerprint density at radius 2 is 1.81 bits per heavy atom. The Balaban J connectivity index is 1.84. The Morgan fingerprint density at radius 3 is 2.54 bits per heavy atom. The molecule has 2 aliphatic rings. The summed E-state index contributed by atoms with van der Waals surface area (Å²) >= 11 is 6.26. The van der Waals surface area contributed by atoms with Crippen molar-refractivity contribution in [3.8, 4) is 0 Å². The van der Waals surface area contributed by atoms with Crippen LogP contribution in [-0.2, 0) is 9.59 Å². The van der Waals surface area contributed by atoms with Crippen molar-refractivity contribution >= 4 is 29.1 Å². The van der Waals surface area contributed by atoms with Gasteiger partial charge in [-0.2, -0.15) is 0 Å². The highest BCUT2D eigenvalue weighted by molar-refractivity contribution is 6.30. The van der Waals surface area contributed by atoms with Crippen molar-refractivity contribution in [2.45, 2.75) is 31.7 Å². The molecular weight excluding hydrogens is 348 g/mol. The molecule has 4 rings (SSSR count). The third-order valence-electron chi connectivity index (χ3n) is 5.31. The van der Waals surface area contributed by atoms with Crippen molar-refractivity contribution < 1.29 is 9.59 Å². The van der Waals surface area contributed by atoms with Crippen LogP contribution in [0.5, 0.6) is 0 Å². The molecule has 134 valence electrons. The summed E-state index contributed by atoms with van der Waals surface area (Å²) < 4.78 is 0. The van der Waals surface area contributed by atoms with Crippen LogP contribution in [0.3, 0.4) is 0 Å². The molecule has 0 spiro atoms. The lowest BCUT2D eigenvalue weighted by molar-refractivity contribution is -0.139. The molecule has 0 radical (unpaired) electrons. The fourth-order valence-electron chi connectivity index (χ4n) is 4.08. The first-order valence-corrected chi connectivity index (χ1v) is 9.46. The molecule has 26 heavy (non-hydrogen) atoms. The number of fused-ring (bicyclic) bond motifs is 1. The van der Waals surface area contributed by atoms with E-state index in [2.05, 4.69) is 5.32 Å². The fraction of sp³-hybridized carbons (Fsp3) is 0.333. The zero-order valence-electron chi connectivity index (χ0n) is 14.5. The minimum atomic E-state index is -0.322. The third kappa shape index (κ3) is 3.21. The highest BCUT2D eigenvalue weighted by Crippen LogP contribution is 2.39. The minimum Gasteiger partial charge on any atom is -0.324 e. The van der Waals surface area contributed by atoms with Crippen molar-refractivity contribution in [2.24, 2.45) is 5.92 Å². The van der Waals surface area contributed by atoms with E-state index < -0.39 is 0 Å². The Kier molecular flexibility index (Phi) is 4.68. The summed E-state index contributed by atoms with van der Waals surface area (Å²) in [6, 6.07) is 15.0. The van der Waals surface area contributed by atoms with Crippen LogP contribution >= 0.6 is 11.6 Å². The number of hydrogen-bond donors (Lipinski definition) is 1. The zero-order chi connectivity index (χ0) is 18.1. The molecule has 2 aromatic rings. The number of amides is 2.